The third kappa shape index (κ3) is 5.06. The van der Waals surface area contributed by atoms with E-state index in [0.717, 1.165) is 24.8 Å². The molecule has 0 bridgehead atoms. The van der Waals surface area contributed by atoms with Crippen LogP contribution in [0.15, 0.2) is 36.4 Å². The third-order valence-electron chi connectivity index (χ3n) is 8.17. The smallest absolute Gasteiger partial charge is 0.310 e. The highest BCUT2D eigenvalue weighted by molar-refractivity contribution is 5.96. The molecule has 0 spiro atoms. The number of carbonyl (C=O) groups is 3. The number of hydrogen-bond donors (Lipinski definition) is 2. The first-order valence-corrected chi connectivity index (χ1v) is 13.7. The van der Waals surface area contributed by atoms with Crippen LogP contribution >= 0.6 is 0 Å². The van der Waals surface area contributed by atoms with Gasteiger partial charge in [0.1, 0.15) is 18.2 Å². The first-order valence-electron chi connectivity index (χ1n) is 13.7. The van der Waals surface area contributed by atoms with Gasteiger partial charge in [-0.1, -0.05) is 63.1 Å². The number of likely N-dealkylation sites (tertiary alicyclic amines) is 1. The van der Waals surface area contributed by atoms with Gasteiger partial charge in [-0.05, 0) is 37.3 Å². The van der Waals surface area contributed by atoms with Gasteiger partial charge in [0.25, 0.3) is 0 Å². The van der Waals surface area contributed by atoms with Gasteiger partial charge in [0, 0.05) is 5.92 Å². The zero-order valence-electron chi connectivity index (χ0n) is 22.6. The number of esters is 1. The van der Waals surface area contributed by atoms with Crippen molar-refractivity contribution in [2.24, 2.45) is 29.6 Å². The average molecular weight is 526 g/mol. The Morgan fingerprint density at radius 3 is 2.63 bits per heavy atom. The van der Waals surface area contributed by atoms with Crippen molar-refractivity contribution in [1.82, 2.24) is 25.2 Å². The number of aliphatic hydroxyl groups excluding tert-OH is 1. The Balaban J connectivity index is 1.69. The molecular weight excluding hydrogens is 486 g/mol. The molecule has 206 valence electrons. The molecule has 38 heavy (non-hydrogen) atoms. The number of fused-ring (bicyclic) bond motifs is 2. The molecule has 10 heteroatoms. The van der Waals surface area contributed by atoms with E-state index in [9.17, 15) is 19.5 Å². The van der Waals surface area contributed by atoms with Gasteiger partial charge in [0.2, 0.25) is 11.8 Å². The maximum Gasteiger partial charge on any atom is 0.310 e. The molecule has 1 aromatic heterocycles. The van der Waals surface area contributed by atoms with Crippen molar-refractivity contribution in [3.05, 3.63) is 36.4 Å². The van der Waals surface area contributed by atoms with Crippen molar-refractivity contribution >= 4 is 28.8 Å². The quantitative estimate of drug-likeness (QED) is 0.341. The second kappa shape index (κ2) is 12.1. The first kappa shape index (κ1) is 27.8. The van der Waals surface area contributed by atoms with E-state index in [1.54, 1.807) is 16.5 Å². The van der Waals surface area contributed by atoms with Crippen LogP contribution in [0, 0.1) is 29.6 Å². The Morgan fingerprint density at radius 2 is 1.95 bits per heavy atom. The highest BCUT2D eigenvalue weighted by atomic mass is 16.5. The van der Waals surface area contributed by atoms with Crippen molar-refractivity contribution in [2.45, 2.75) is 65.7 Å². The zero-order chi connectivity index (χ0) is 27.4. The fourth-order valence-corrected chi connectivity index (χ4v) is 6.08. The molecule has 1 aliphatic heterocycles. The number of hydrogen-bond acceptors (Lipinski definition) is 7. The molecule has 0 radical (unpaired) electrons. The summed E-state index contributed by atoms with van der Waals surface area (Å²) >= 11 is 0. The van der Waals surface area contributed by atoms with E-state index < -0.39 is 35.8 Å². The average Bonchev–Trinajstić information content (AvgIpc) is 3.46. The molecule has 2 aliphatic rings. The number of nitrogens with one attached hydrogen (secondary N) is 1. The third-order valence-corrected chi connectivity index (χ3v) is 8.17. The van der Waals surface area contributed by atoms with Crippen molar-refractivity contribution in [3.63, 3.8) is 0 Å². The molecule has 2 amide bonds. The molecule has 2 aromatic rings. The van der Waals surface area contributed by atoms with E-state index >= 15 is 0 Å². The summed E-state index contributed by atoms with van der Waals surface area (Å²) < 4.78 is 7.02. The summed E-state index contributed by atoms with van der Waals surface area (Å²) in [5, 5.41) is 21.6. The van der Waals surface area contributed by atoms with Crippen molar-refractivity contribution in [3.8, 4) is 0 Å². The zero-order valence-corrected chi connectivity index (χ0v) is 22.6. The van der Waals surface area contributed by atoms with Crippen LogP contribution in [0.25, 0.3) is 11.0 Å². The largest absolute Gasteiger partial charge is 0.466 e. The highest BCUT2D eigenvalue weighted by Crippen LogP contribution is 2.47. The Hall–Kier alpha value is -3.27. The van der Waals surface area contributed by atoms with E-state index in [0.29, 0.717) is 5.52 Å². The predicted molar refractivity (Wildman–Crippen MR) is 141 cm³/mol. The summed E-state index contributed by atoms with van der Waals surface area (Å²) in [6, 6.07) is 6.03. The maximum absolute atomic E-state index is 14.1. The molecule has 1 saturated heterocycles. The second-order valence-electron chi connectivity index (χ2n) is 10.3. The van der Waals surface area contributed by atoms with Gasteiger partial charge < -0.3 is 20.1 Å². The number of allylic oxidation sites excluding steroid dienone is 1. The van der Waals surface area contributed by atoms with Crippen LogP contribution < -0.4 is 5.32 Å². The van der Waals surface area contributed by atoms with Crippen molar-refractivity contribution in [1.29, 1.82) is 0 Å². The number of amides is 2. The standard InChI is InChI=1S/C28H39N5O5/c1-5-10-18-13-14-19-24(23(18)28(37)38-7-3)27(36)33(22(15-34)17(4)6-2)25(19)26(35)29-16-32-21-12-9-8-11-20(21)30-31-32/h8-9,11-14,17-19,22-25,34H,5-7,10,15-16H2,1-4H3,(H,29,35)/t17-,18+,19-,22-,23+,24-,25-/m0/s1. The number of ether oxygens (including phenoxy) is 1. The molecule has 2 heterocycles. The van der Waals surface area contributed by atoms with Gasteiger partial charge in [-0.3, -0.25) is 14.4 Å². The number of aromatic nitrogens is 3. The summed E-state index contributed by atoms with van der Waals surface area (Å²) in [5.74, 6) is -3.14. The first-order chi connectivity index (χ1) is 18.4. The second-order valence-corrected chi connectivity index (χ2v) is 10.3. The molecule has 4 rings (SSSR count). The minimum Gasteiger partial charge on any atom is -0.466 e. The van der Waals surface area contributed by atoms with Crippen LogP contribution in [0.3, 0.4) is 0 Å². The molecule has 10 nitrogen and oxygen atoms in total. The van der Waals surface area contributed by atoms with Gasteiger partial charge in [-0.2, -0.15) is 0 Å². The minimum absolute atomic E-state index is 0.0462. The molecule has 0 saturated carbocycles. The van der Waals surface area contributed by atoms with Gasteiger partial charge in [-0.15, -0.1) is 5.10 Å². The van der Waals surface area contributed by atoms with Crippen molar-refractivity contribution < 1.29 is 24.2 Å². The summed E-state index contributed by atoms with van der Waals surface area (Å²) in [6.45, 7) is 7.76. The lowest BCUT2D eigenvalue weighted by molar-refractivity contribution is -0.156. The minimum atomic E-state index is -0.871. The van der Waals surface area contributed by atoms with Crippen LogP contribution in [0.4, 0.5) is 0 Å². The maximum atomic E-state index is 14.1. The molecule has 1 fully saturated rings. The molecule has 0 unspecified atom stereocenters. The molecule has 1 aromatic carbocycles. The molecular formula is C28H39N5O5. The summed E-state index contributed by atoms with van der Waals surface area (Å²) in [4.78, 5) is 42.7. The van der Waals surface area contributed by atoms with Crippen LogP contribution in [0.5, 0.6) is 0 Å². The van der Waals surface area contributed by atoms with Gasteiger partial charge in [0.05, 0.1) is 36.6 Å². The van der Waals surface area contributed by atoms with E-state index in [-0.39, 0.29) is 43.5 Å². The summed E-state index contributed by atoms with van der Waals surface area (Å²) in [5.41, 5.74) is 1.49. The van der Waals surface area contributed by atoms with Crippen LogP contribution in [-0.2, 0) is 25.8 Å². The molecule has 1 aliphatic carbocycles. The number of aliphatic hydroxyl groups is 1. The Morgan fingerprint density at radius 1 is 1.18 bits per heavy atom. The van der Waals surface area contributed by atoms with Crippen LogP contribution in [0.1, 0.15) is 47.0 Å². The van der Waals surface area contributed by atoms with Gasteiger partial charge in [0.15, 0.2) is 0 Å². The number of carbonyl (C=O) groups excluding carboxylic acids is 3. The fourth-order valence-electron chi connectivity index (χ4n) is 6.08. The Labute approximate surface area is 223 Å². The van der Waals surface area contributed by atoms with Gasteiger partial charge in [-0.25, -0.2) is 4.68 Å². The number of nitrogens with zero attached hydrogens (tertiary/aromatic N) is 4. The number of rotatable bonds is 11. The van der Waals surface area contributed by atoms with E-state index in [1.807, 2.05) is 57.2 Å². The lowest BCUT2D eigenvalue weighted by Gasteiger charge is -2.36. The van der Waals surface area contributed by atoms with Crippen molar-refractivity contribution in [2.75, 3.05) is 13.2 Å². The Kier molecular flexibility index (Phi) is 8.81. The predicted octanol–water partition coefficient (Wildman–Crippen LogP) is 2.52. The lowest BCUT2D eigenvalue weighted by Crippen LogP contribution is -2.54. The fraction of sp³-hybridized carbons (Fsp3) is 0.607. The molecule has 7 atom stereocenters. The summed E-state index contributed by atoms with van der Waals surface area (Å²) in [6.07, 6.45) is 6.22. The number of para-hydroxylation sites is 1. The van der Waals surface area contributed by atoms with Gasteiger partial charge >= 0.3 is 5.97 Å². The monoisotopic (exact) mass is 525 g/mol. The highest BCUT2D eigenvalue weighted by Gasteiger charge is 2.59. The normalized spacial score (nSPS) is 26.3. The van der Waals surface area contributed by atoms with E-state index in [1.165, 1.54) is 0 Å². The SMILES string of the molecule is CCC[C@@H]1C=C[C@H]2[C@H](C(=O)N([C@@H](CO)[C@@H](C)CC)[C@@H]2C(=O)NCn2nnc3ccccc32)[C@@H]1C(=O)OCC. The van der Waals surface area contributed by atoms with E-state index in [2.05, 4.69) is 15.6 Å². The topological polar surface area (TPSA) is 127 Å². The van der Waals surface area contributed by atoms with E-state index in [4.69, 9.17) is 4.74 Å². The van der Waals surface area contributed by atoms with Crippen LogP contribution in [0.2, 0.25) is 0 Å². The molecule has 2 N–H and O–H groups in total. The lowest BCUT2D eigenvalue weighted by atomic mass is 9.69. The number of benzene rings is 1. The summed E-state index contributed by atoms with van der Waals surface area (Å²) in [7, 11) is 0. The Bertz CT molecular complexity index is 1180. The van der Waals surface area contributed by atoms with Crippen LogP contribution in [-0.4, -0.2) is 68.1 Å².